The summed E-state index contributed by atoms with van der Waals surface area (Å²) >= 11 is 0. The number of ether oxygens (including phenoxy) is 3. The molecule has 0 aliphatic heterocycles. The van der Waals surface area contributed by atoms with Crippen LogP contribution in [0.25, 0.3) is 0 Å². The number of unbranched alkanes of at least 4 members (excludes halogenated alkanes) is 26. The van der Waals surface area contributed by atoms with Gasteiger partial charge in [-0.05, 0) is 70.6 Å². The average Bonchev–Trinajstić information content (AvgIpc) is 3.19. The second-order valence-electron chi connectivity index (χ2n) is 16.0. The van der Waals surface area contributed by atoms with E-state index in [1.807, 2.05) is 0 Å². The van der Waals surface area contributed by atoms with Crippen LogP contribution in [0.15, 0.2) is 36.5 Å². The summed E-state index contributed by atoms with van der Waals surface area (Å²) in [5.41, 5.74) is 0. The second kappa shape index (κ2) is 45.3. The molecule has 0 fully saturated rings. The summed E-state index contributed by atoms with van der Waals surface area (Å²) in [7, 11) is 0. The second-order valence-corrected chi connectivity index (χ2v) is 16.0. The molecule has 326 valence electrons. The molecule has 0 rings (SSSR count). The molecule has 0 unspecified atom stereocenters. The smallest absolute Gasteiger partial charge is 0.306 e. The molecule has 0 spiro atoms. The summed E-state index contributed by atoms with van der Waals surface area (Å²) in [6.45, 7) is 6.55. The fourth-order valence-corrected chi connectivity index (χ4v) is 6.69. The van der Waals surface area contributed by atoms with E-state index in [0.29, 0.717) is 19.3 Å². The fourth-order valence-electron chi connectivity index (χ4n) is 6.69. The van der Waals surface area contributed by atoms with Crippen LogP contribution < -0.4 is 0 Å². The van der Waals surface area contributed by atoms with Crippen molar-refractivity contribution in [2.24, 2.45) is 0 Å². The number of hydrogen-bond donors (Lipinski definition) is 0. The van der Waals surface area contributed by atoms with E-state index in [2.05, 4.69) is 57.2 Å². The number of rotatable bonds is 43. The number of carbonyl (C=O) groups is 3. The van der Waals surface area contributed by atoms with E-state index in [1.54, 1.807) is 0 Å². The zero-order valence-corrected chi connectivity index (χ0v) is 37.2. The molecule has 6 heteroatoms. The van der Waals surface area contributed by atoms with Gasteiger partial charge in [-0.15, -0.1) is 0 Å². The molecule has 1 atom stereocenters. The Morgan fingerprint density at radius 1 is 0.357 bits per heavy atom. The Kier molecular flexibility index (Phi) is 43.4. The van der Waals surface area contributed by atoms with Crippen LogP contribution in [0.2, 0.25) is 0 Å². The first-order valence-corrected chi connectivity index (χ1v) is 24.0. The van der Waals surface area contributed by atoms with Gasteiger partial charge in [-0.2, -0.15) is 0 Å². The molecule has 0 aromatic carbocycles. The van der Waals surface area contributed by atoms with Crippen molar-refractivity contribution in [2.75, 3.05) is 13.2 Å². The molecule has 0 aromatic heterocycles. The van der Waals surface area contributed by atoms with Gasteiger partial charge in [0.2, 0.25) is 0 Å². The largest absolute Gasteiger partial charge is 0.462 e. The van der Waals surface area contributed by atoms with Crippen LogP contribution >= 0.6 is 0 Å². The van der Waals surface area contributed by atoms with Gasteiger partial charge in [-0.25, -0.2) is 0 Å². The lowest BCUT2D eigenvalue weighted by atomic mass is 10.0. The van der Waals surface area contributed by atoms with E-state index < -0.39 is 6.10 Å². The highest BCUT2D eigenvalue weighted by Gasteiger charge is 2.19. The summed E-state index contributed by atoms with van der Waals surface area (Å²) < 4.78 is 16.7. The van der Waals surface area contributed by atoms with Crippen molar-refractivity contribution in [3.05, 3.63) is 36.5 Å². The molecule has 0 aromatic rings. The Labute approximate surface area is 346 Å². The highest BCUT2D eigenvalue weighted by atomic mass is 16.6. The van der Waals surface area contributed by atoms with Crippen LogP contribution in [0.3, 0.4) is 0 Å². The molecule has 0 aliphatic carbocycles. The maximum Gasteiger partial charge on any atom is 0.306 e. The van der Waals surface area contributed by atoms with Crippen LogP contribution in [-0.2, 0) is 28.6 Å². The molecule has 0 aliphatic rings. The first-order valence-electron chi connectivity index (χ1n) is 24.0. The predicted molar refractivity (Wildman–Crippen MR) is 238 cm³/mol. The van der Waals surface area contributed by atoms with Gasteiger partial charge in [0.1, 0.15) is 13.2 Å². The Balaban J connectivity index is 4.39. The van der Waals surface area contributed by atoms with Crippen LogP contribution in [0.1, 0.15) is 245 Å². The minimum Gasteiger partial charge on any atom is -0.462 e. The van der Waals surface area contributed by atoms with Crippen molar-refractivity contribution in [3.63, 3.8) is 0 Å². The van der Waals surface area contributed by atoms with Crippen LogP contribution in [-0.4, -0.2) is 37.2 Å². The monoisotopic (exact) mass is 787 g/mol. The SMILES string of the molecule is CCCC/C=C\CCCCCCCC(=O)OC[C@H](COC(=O)CCCCCCCCCCCCCC)OC(=O)CCCCCCC/C=C\C/C=C\CCCCC. The first-order chi connectivity index (χ1) is 27.5. The molecule has 0 N–H and O–H groups in total. The van der Waals surface area contributed by atoms with Gasteiger partial charge >= 0.3 is 17.9 Å². The Morgan fingerprint density at radius 2 is 0.661 bits per heavy atom. The van der Waals surface area contributed by atoms with Gasteiger partial charge in [-0.1, -0.05) is 192 Å². The quantitative estimate of drug-likeness (QED) is 0.0265. The zero-order chi connectivity index (χ0) is 40.8. The number of hydrogen-bond acceptors (Lipinski definition) is 6. The minimum absolute atomic E-state index is 0.0782. The fraction of sp³-hybridized carbons (Fsp3) is 0.820. The van der Waals surface area contributed by atoms with Gasteiger partial charge in [0.15, 0.2) is 6.10 Å². The van der Waals surface area contributed by atoms with E-state index in [0.717, 1.165) is 89.9 Å². The van der Waals surface area contributed by atoms with Crippen molar-refractivity contribution in [1.82, 2.24) is 0 Å². The molecule has 0 saturated heterocycles. The van der Waals surface area contributed by atoms with Gasteiger partial charge in [-0.3, -0.25) is 14.4 Å². The summed E-state index contributed by atoms with van der Waals surface area (Å²) in [6, 6.07) is 0. The zero-order valence-electron chi connectivity index (χ0n) is 37.2. The Bertz CT molecular complexity index is 953. The lowest BCUT2D eigenvalue weighted by Crippen LogP contribution is -2.30. The summed E-state index contributed by atoms with van der Waals surface area (Å²) in [5, 5.41) is 0. The summed E-state index contributed by atoms with van der Waals surface area (Å²) in [5.74, 6) is -0.898. The third-order valence-electron chi connectivity index (χ3n) is 10.4. The van der Waals surface area contributed by atoms with Gasteiger partial charge in [0.25, 0.3) is 0 Å². The summed E-state index contributed by atoms with van der Waals surface area (Å²) in [6.07, 6.45) is 51.2. The molecular weight excluding hydrogens is 697 g/mol. The lowest BCUT2D eigenvalue weighted by molar-refractivity contribution is -0.167. The van der Waals surface area contributed by atoms with Crippen LogP contribution in [0, 0.1) is 0 Å². The number of esters is 3. The van der Waals surface area contributed by atoms with Gasteiger partial charge < -0.3 is 14.2 Å². The van der Waals surface area contributed by atoms with Gasteiger partial charge in [0, 0.05) is 19.3 Å². The minimum atomic E-state index is -0.777. The molecule has 56 heavy (non-hydrogen) atoms. The maximum atomic E-state index is 12.7. The topological polar surface area (TPSA) is 78.9 Å². The highest BCUT2D eigenvalue weighted by molar-refractivity contribution is 5.71. The van der Waals surface area contributed by atoms with E-state index in [4.69, 9.17) is 14.2 Å². The first kappa shape index (κ1) is 53.6. The van der Waals surface area contributed by atoms with Crippen molar-refractivity contribution < 1.29 is 28.6 Å². The predicted octanol–water partition coefficient (Wildman–Crippen LogP) is 15.4. The van der Waals surface area contributed by atoms with Crippen molar-refractivity contribution >= 4 is 17.9 Å². The van der Waals surface area contributed by atoms with E-state index in [9.17, 15) is 14.4 Å². The molecule has 6 nitrogen and oxygen atoms in total. The molecule has 0 saturated carbocycles. The number of allylic oxidation sites excluding steroid dienone is 6. The summed E-state index contributed by atoms with van der Waals surface area (Å²) in [4.78, 5) is 37.8. The molecule has 0 heterocycles. The van der Waals surface area contributed by atoms with Crippen molar-refractivity contribution in [2.45, 2.75) is 252 Å². The van der Waals surface area contributed by atoms with E-state index in [1.165, 1.54) is 116 Å². The van der Waals surface area contributed by atoms with E-state index >= 15 is 0 Å². The highest BCUT2D eigenvalue weighted by Crippen LogP contribution is 2.14. The third-order valence-corrected chi connectivity index (χ3v) is 10.4. The lowest BCUT2D eigenvalue weighted by Gasteiger charge is -2.18. The molecule has 0 bridgehead atoms. The molecule has 0 radical (unpaired) electrons. The van der Waals surface area contributed by atoms with Gasteiger partial charge in [0.05, 0.1) is 0 Å². The number of carbonyl (C=O) groups excluding carboxylic acids is 3. The van der Waals surface area contributed by atoms with Crippen LogP contribution in [0.5, 0.6) is 0 Å². The Morgan fingerprint density at radius 3 is 1.09 bits per heavy atom. The molecular formula is C50H90O6. The third kappa shape index (κ3) is 42.8. The molecule has 0 amide bonds. The van der Waals surface area contributed by atoms with Crippen molar-refractivity contribution in [3.8, 4) is 0 Å². The average molecular weight is 787 g/mol. The standard InChI is InChI=1S/C50H90O6/c1-4-7-10-13-16-19-22-24-25-26-29-32-35-38-41-44-50(53)56-47(45-54-48(51)42-39-36-33-30-27-21-18-15-12-9-6-3)46-55-49(52)43-40-37-34-31-28-23-20-17-14-11-8-5-2/h15-16,18-19,24-25,47H,4-14,17,20-23,26-46H2,1-3H3/b18-15-,19-16-,25-24-/t47-/m1/s1. The van der Waals surface area contributed by atoms with Crippen molar-refractivity contribution in [1.29, 1.82) is 0 Å². The van der Waals surface area contributed by atoms with Crippen LogP contribution in [0.4, 0.5) is 0 Å². The normalized spacial score (nSPS) is 12.3. The Hall–Kier alpha value is -2.37. The van der Waals surface area contributed by atoms with E-state index in [-0.39, 0.29) is 31.1 Å². The maximum absolute atomic E-state index is 12.7.